The Morgan fingerprint density at radius 1 is 1.37 bits per heavy atom. The molecule has 2 fully saturated rings. The Labute approximate surface area is 115 Å². The molecular formula is C14H27NO4. The Hall–Kier alpha value is -0.200. The number of aliphatic hydroxyl groups is 1. The van der Waals surface area contributed by atoms with Crippen molar-refractivity contribution in [1.82, 2.24) is 4.90 Å². The number of hydrogen-bond donors (Lipinski definition) is 1. The first-order valence-electron chi connectivity index (χ1n) is 7.30. The first-order chi connectivity index (χ1) is 9.02. The van der Waals surface area contributed by atoms with E-state index in [1.165, 1.54) is 0 Å². The average Bonchev–Trinajstić information content (AvgIpc) is 2.80. The van der Waals surface area contributed by atoms with Crippen LogP contribution < -0.4 is 0 Å². The van der Waals surface area contributed by atoms with Gasteiger partial charge in [0.1, 0.15) is 0 Å². The summed E-state index contributed by atoms with van der Waals surface area (Å²) in [7, 11) is 2.03. The van der Waals surface area contributed by atoms with E-state index in [0.717, 1.165) is 25.8 Å². The Morgan fingerprint density at radius 3 is 2.68 bits per heavy atom. The van der Waals surface area contributed by atoms with Crippen LogP contribution in [-0.2, 0) is 14.2 Å². The van der Waals surface area contributed by atoms with Gasteiger partial charge in [0.25, 0.3) is 0 Å². The van der Waals surface area contributed by atoms with Crippen molar-refractivity contribution in [2.75, 3.05) is 33.4 Å². The molecule has 0 bridgehead atoms. The fourth-order valence-electron chi connectivity index (χ4n) is 2.92. The predicted octanol–water partition coefficient (Wildman–Crippen LogP) is 1.000. The van der Waals surface area contributed by atoms with Gasteiger partial charge in [0, 0.05) is 25.4 Å². The highest BCUT2D eigenvalue weighted by atomic mass is 16.7. The van der Waals surface area contributed by atoms with Crippen LogP contribution in [0.2, 0.25) is 0 Å². The molecule has 112 valence electrons. The van der Waals surface area contributed by atoms with E-state index in [2.05, 4.69) is 4.90 Å². The minimum absolute atomic E-state index is 0.0858. The number of rotatable bonds is 5. The van der Waals surface area contributed by atoms with Gasteiger partial charge < -0.3 is 19.3 Å². The van der Waals surface area contributed by atoms with Crippen molar-refractivity contribution in [1.29, 1.82) is 0 Å². The van der Waals surface area contributed by atoms with Crippen molar-refractivity contribution < 1.29 is 19.3 Å². The second kappa shape index (κ2) is 6.50. The van der Waals surface area contributed by atoms with Gasteiger partial charge in [-0.1, -0.05) is 0 Å². The summed E-state index contributed by atoms with van der Waals surface area (Å²) in [6, 6.07) is 0.0858. The number of likely N-dealkylation sites (N-methyl/N-ethyl adjacent to an activating group) is 1. The predicted molar refractivity (Wildman–Crippen MR) is 72.0 cm³/mol. The molecule has 0 amide bonds. The van der Waals surface area contributed by atoms with Crippen LogP contribution in [0, 0.1) is 0 Å². The summed E-state index contributed by atoms with van der Waals surface area (Å²) in [5, 5.41) is 10.2. The van der Waals surface area contributed by atoms with E-state index in [1.807, 2.05) is 20.9 Å². The van der Waals surface area contributed by atoms with Crippen molar-refractivity contribution in [3.8, 4) is 0 Å². The van der Waals surface area contributed by atoms with Crippen molar-refractivity contribution in [2.45, 2.75) is 57.1 Å². The van der Waals surface area contributed by atoms with Crippen LogP contribution in [0.4, 0.5) is 0 Å². The monoisotopic (exact) mass is 273 g/mol. The van der Waals surface area contributed by atoms with Gasteiger partial charge in [-0.05, 0) is 27.3 Å². The zero-order valence-electron chi connectivity index (χ0n) is 12.3. The third-order valence-corrected chi connectivity index (χ3v) is 4.06. The lowest BCUT2D eigenvalue weighted by atomic mass is 9.86. The summed E-state index contributed by atoms with van der Waals surface area (Å²) in [4.78, 5) is 2.17. The Morgan fingerprint density at radius 2 is 2.05 bits per heavy atom. The van der Waals surface area contributed by atoms with E-state index in [4.69, 9.17) is 14.2 Å². The van der Waals surface area contributed by atoms with Gasteiger partial charge in [-0.15, -0.1) is 0 Å². The molecular weight excluding hydrogens is 246 g/mol. The molecule has 1 spiro atoms. The number of aliphatic hydroxyl groups excluding tert-OH is 1. The van der Waals surface area contributed by atoms with Crippen molar-refractivity contribution in [3.05, 3.63) is 0 Å². The fourth-order valence-corrected chi connectivity index (χ4v) is 2.92. The molecule has 2 aliphatic rings. The Kier molecular flexibility index (Phi) is 5.20. The third kappa shape index (κ3) is 3.89. The Balaban J connectivity index is 1.85. The molecule has 0 aromatic rings. The first-order valence-corrected chi connectivity index (χ1v) is 7.30. The number of nitrogens with zero attached hydrogens (tertiary/aromatic N) is 1. The van der Waals surface area contributed by atoms with E-state index in [9.17, 15) is 5.11 Å². The normalized spacial score (nSPS) is 30.6. The second-order valence-corrected chi connectivity index (χ2v) is 5.89. The van der Waals surface area contributed by atoms with E-state index in [1.54, 1.807) is 0 Å². The molecule has 2 atom stereocenters. The highest BCUT2D eigenvalue weighted by molar-refractivity contribution is 4.92. The highest BCUT2D eigenvalue weighted by Crippen LogP contribution is 2.37. The minimum Gasteiger partial charge on any atom is -0.391 e. The maximum Gasteiger partial charge on any atom is 0.170 e. The largest absolute Gasteiger partial charge is 0.391 e. The van der Waals surface area contributed by atoms with Crippen molar-refractivity contribution in [2.24, 2.45) is 0 Å². The van der Waals surface area contributed by atoms with Crippen LogP contribution in [0.1, 0.15) is 33.1 Å². The molecule has 1 aliphatic heterocycles. The molecule has 0 aromatic heterocycles. The first kappa shape index (κ1) is 15.2. The molecule has 2 unspecified atom stereocenters. The van der Waals surface area contributed by atoms with Gasteiger partial charge in [-0.2, -0.15) is 0 Å². The Bertz CT molecular complexity index is 279. The second-order valence-electron chi connectivity index (χ2n) is 5.89. The molecule has 19 heavy (non-hydrogen) atoms. The lowest BCUT2D eigenvalue weighted by molar-refractivity contribution is -0.204. The summed E-state index contributed by atoms with van der Waals surface area (Å²) in [6.07, 6.45) is 2.22. The molecule has 5 nitrogen and oxygen atoms in total. The maximum atomic E-state index is 10.2. The molecule has 5 heteroatoms. The van der Waals surface area contributed by atoms with Crippen LogP contribution in [0.3, 0.4) is 0 Å². The van der Waals surface area contributed by atoms with Gasteiger partial charge in [0.15, 0.2) is 5.79 Å². The quantitative estimate of drug-likeness (QED) is 0.810. The summed E-state index contributed by atoms with van der Waals surface area (Å²) in [6.45, 7) is 6.91. The highest BCUT2D eigenvalue weighted by Gasteiger charge is 2.45. The van der Waals surface area contributed by atoms with Crippen LogP contribution in [-0.4, -0.2) is 67.5 Å². The summed E-state index contributed by atoms with van der Waals surface area (Å²) in [5.41, 5.74) is 0. The van der Waals surface area contributed by atoms with Gasteiger partial charge in [0.05, 0.1) is 32.0 Å². The SMILES string of the molecule is CC(C)OCCN(C)C1CC2(CCC1O)OCCO2. The number of ether oxygens (including phenoxy) is 3. The summed E-state index contributed by atoms with van der Waals surface area (Å²) < 4.78 is 17.1. The van der Waals surface area contributed by atoms with E-state index in [-0.39, 0.29) is 18.2 Å². The molecule has 1 aliphatic carbocycles. The topological polar surface area (TPSA) is 51.2 Å². The lowest BCUT2D eigenvalue weighted by Crippen LogP contribution is -2.52. The third-order valence-electron chi connectivity index (χ3n) is 4.06. The molecule has 1 saturated heterocycles. The van der Waals surface area contributed by atoms with Gasteiger partial charge in [-0.3, -0.25) is 4.90 Å². The van der Waals surface area contributed by atoms with Crippen molar-refractivity contribution in [3.63, 3.8) is 0 Å². The molecule has 1 saturated carbocycles. The lowest BCUT2D eigenvalue weighted by Gasteiger charge is -2.42. The summed E-state index contributed by atoms with van der Waals surface area (Å²) >= 11 is 0. The van der Waals surface area contributed by atoms with Crippen LogP contribution in [0.15, 0.2) is 0 Å². The van der Waals surface area contributed by atoms with Crippen molar-refractivity contribution >= 4 is 0 Å². The maximum absolute atomic E-state index is 10.2. The van der Waals surface area contributed by atoms with E-state index >= 15 is 0 Å². The zero-order valence-corrected chi connectivity index (χ0v) is 12.3. The molecule has 0 aromatic carbocycles. The zero-order chi connectivity index (χ0) is 13.9. The fraction of sp³-hybridized carbons (Fsp3) is 1.00. The van der Waals surface area contributed by atoms with Gasteiger partial charge in [0.2, 0.25) is 0 Å². The van der Waals surface area contributed by atoms with Gasteiger partial charge in [-0.25, -0.2) is 0 Å². The van der Waals surface area contributed by atoms with Crippen LogP contribution >= 0.6 is 0 Å². The van der Waals surface area contributed by atoms with Gasteiger partial charge >= 0.3 is 0 Å². The summed E-state index contributed by atoms with van der Waals surface area (Å²) in [5.74, 6) is -0.447. The van der Waals surface area contributed by atoms with E-state index in [0.29, 0.717) is 19.8 Å². The standard InChI is InChI=1S/C14H27NO4/c1-11(2)17-7-6-15(3)12-10-14(5-4-13(12)16)18-8-9-19-14/h11-13,16H,4-10H2,1-3H3. The molecule has 1 N–H and O–H groups in total. The van der Waals surface area contributed by atoms with E-state index < -0.39 is 5.79 Å². The molecule has 1 heterocycles. The minimum atomic E-state index is -0.447. The molecule has 2 rings (SSSR count). The number of hydrogen-bond acceptors (Lipinski definition) is 5. The van der Waals surface area contributed by atoms with Crippen LogP contribution in [0.5, 0.6) is 0 Å². The average molecular weight is 273 g/mol. The smallest absolute Gasteiger partial charge is 0.170 e. The molecule has 0 radical (unpaired) electrons. The van der Waals surface area contributed by atoms with Crippen LogP contribution in [0.25, 0.3) is 0 Å².